The number of aryl methyl sites for hydroxylation is 3. The van der Waals surface area contributed by atoms with Crippen LogP contribution >= 0.6 is 11.3 Å². The standard InChI is InChI=1S/C17H19FOS/c1-11-7-8-13(18)10-14(11)17(19)16-9-12-5-3-2-4-6-15(12)20-16/h7-10,17,19H,2-6H2,1H3. The Balaban J connectivity index is 1.94. The summed E-state index contributed by atoms with van der Waals surface area (Å²) >= 11 is 1.69. The maximum absolute atomic E-state index is 13.4. The van der Waals surface area contributed by atoms with E-state index in [0.29, 0.717) is 5.56 Å². The fourth-order valence-corrected chi connectivity index (χ4v) is 4.15. The molecule has 0 aliphatic heterocycles. The number of rotatable bonds is 2. The summed E-state index contributed by atoms with van der Waals surface area (Å²) in [6, 6.07) is 6.74. The van der Waals surface area contributed by atoms with Crippen LogP contribution in [0.1, 0.15) is 51.8 Å². The molecule has 1 aliphatic rings. The summed E-state index contributed by atoms with van der Waals surface area (Å²) in [6.07, 6.45) is 5.29. The van der Waals surface area contributed by atoms with Gasteiger partial charge in [0.1, 0.15) is 11.9 Å². The number of fused-ring (bicyclic) bond motifs is 1. The maximum Gasteiger partial charge on any atom is 0.123 e. The molecule has 1 heterocycles. The normalized spacial score (nSPS) is 16.6. The van der Waals surface area contributed by atoms with Gasteiger partial charge in [0.2, 0.25) is 0 Å². The first-order valence-corrected chi connectivity index (χ1v) is 8.02. The number of thiophene rings is 1. The van der Waals surface area contributed by atoms with E-state index in [1.165, 1.54) is 41.8 Å². The minimum Gasteiger partial charge on any atom is -0.383 e. The smallest absolute Gasteiger partial charge is 0.123 e. The number of hydrogen-bond donors (Lipinski definition) is 1. The lowest BCUT2D eigenvalue weighted by atomic mass is 10.0. The van der Waals surface area contributed by atoms with Gasteiger partial charge in [0.15, 0.2) is 0 Å². The van der Waals surface area contributed by atoms with Crippen molar-refractivity contribution in [3.63, 3.8) is 0 Å². The fraction of sp³-hybridized carbons (Fsp3) is 0.412. The van der Waals surface area contributed by atoms with Gasteiger partial charge >= 0.3 is 0 Å². The van der Waals surface area contributed by atoms with Gasteiger partial charge in [-0.05, 0) is 67.5 Å². The third kappa shape index (κ3) is 2.65. The molecule has 0 bridgehead atoms. The highest BCUT2D eigenvalue weighted by molar-refractivity contribution is 7.12. The van der Waals surface area contributed by atoms with Gasteiger partial charge in [-0.3, -0.25) is 0 Å². The van der Waals surface area contributed by atoms with Gasteiger partial charge in [-0.2, -0.15) is 0 Å². The van der Waals surface area contributed by atoms with Gasteiger partial charge in [-0.25, -0.2) is 4.39 Å². The van der Waals surface area contributed by atoms with Crippen LogP contribution in [-0.2, 0) is 12.8 Å². The maximum atomic E-state index is 13.4. The summed E-state index contributed by atoms with van der Waals surface area (Å²) in [4.78, 5) is 2.36. The van der Waals surface area contributed by atoms with Crippen molar-refractivity contribution in [1.82, 2.24) is 0 Å². The Hall–Kier alpha value is -1.19. The Labute approximate surface area is 123 Å². The minimum absolute atomic E-state index is 0.289. The monoisotopic (exact) mass is 290 g/mol. The summed E-state index contributed by atoms with van der Waals surface area (Å²) in [6.45, 7) is 1.91. The highest BCUT2D eigenvalue weighted by atomic mass is 32.1. The second kappa shape index (κ2) is 5.66. The molecule has 0 radical (unpaired) electrons. The Morgan fingerprint density at radius 2 is 1.95 bits per heavy atom. The third-order valence-electron chi connectivity index (χ3n) is 4.07. The molecule has 20 heavy (non-hydrogen) atoms. The van der Waals surface area contributed by atoms with Crippen LogP contribution in [0.3, 0.4) is 0 Å². The molecule has 1 nitrogen and oxygen atoms in total. The average Bonchev–Trinajstić information content (AvgIpc) is 2.72. The average molecular weight is 290 g/mol. The number of benzene rings is 1. The molecule has 106 valence electrons. The number of aliphatic hydroxyl groups is 1. The zero-order chi connectivity index (χ0) is 14.1. The summed E-state index contributed by atoms with van der Waals surface area (Å²) in [5.74, 6) is -0.289. The quantitative estimate of drug-likeness (QED) is 0.805. The van der Waals surface area contributed by atoms with E-state index in [1.807, 2.05) is 6.92 Å². The fourth-order valence-electron chi connectivity index (χ4n) is 2.88. The van der Waals surface area contributed by atoms with Crippen LogP contribution in [0.2, 0.25) is 0 Å². The number of halogens is 1. The lowest BCUT2D eigenvalue weighted by Gasteiger charge is -2.12. The largest absolute Gasteiger partial charge is 0.383 e. The van der Waals surface area contributed by atoms with Crippen LogP contribution in [0.15, 0.2) is 24.3 Å². The van der Waals surface area contributed by atoms with E-state index >= 15 is 0 Å². The molecule has 3 rings (SSSR count). The molecule has 1 atom stereocenters. The first-order chi connectivity index (χ1) is 9.65. The predicted octanol–water partition coefficient (Wildman–Crippen LogP) is 4.55. The van der Waals surface area contributed by atoms with Gasteiger partial charge in [0.25, 0.3) is 0 Å². The number of hydrogen-bond acceptors (Lipinski definition) is 2. The molecule has 1 aromatic carbocycles. The summed E-state index contributed by atoms with van der Waals surface area (Å²) < 4.78 is 13.4. The Morgan fingerprint density at radius 1 is 1.15 bits per heavy atom. The highest BCUT2D eigenvalue weighted by Crippen LogP contribution is 2.35. The third-order valence-corrected chi connectivity index (χ3v) is 5.36. The molecule has 0 spiro atoms. The lowest BCUT2D eigenvalue weighted by molar-refractivity contribution is 0.223. The van der Waals surface area contributed by atoms with Crippen molar-refractivity contribution >= 4 is 11.3 Å². The van der Waals surface area contributed by atoms with Crippen molar-refractivity contribution in [2.45, 2.75) is 45.1 Å². The van der Waals surface area contributed by atoms with E-state index in [9.17, 15) is 9.50 Å². The molecule has 1 unspecified atom stereocenters. The number of aliphatic hydroxyl groups excluding tert-OH is 1. The van der Waals surface area contributed by atoms with Crippen molar-refractivity contribution < 1.29 is 9.50 Å². The van der Waals surface area contributed by atoms with E-state index in [2.05, 4.69) is 6.07 Å². The molecule has 0 fully saturated rings. The van der Waals surface area contributed by atoms with E-state index in [-0.39, 0.29) is 5.82 Å². The van der Waals surface area contributed by atoms with Crippen LogP contribution < -0.4 is 0 Å². The van der Waals surface area contributed by atoms with Crippen LogP contribution in [0.5, 0.6) is 0 Å². The lowest BCUT2D eigenvalue weighted by Crippen LogP contribution is -2.00. The molecule has 1 aliphatic carbocycles. The van der Waals surface area contributed by atoms with Gasteiger partial charge in [-0.1, -0.05) is 12.5 Å². The summed E-state index contributed by atoms with van der Waals surface area (Å²) in [7, 11) is 0. The summed E-state index contributed by atoms with van der Waals surface area (Å²) in [5.41, 5.74) is 3.00. The van der Waals surface area contributed by atoms with Crippen LogP contribution in [-0.4, -0.2) is 5.11 Å². The van der Waals surface area contributed by atoms with E-state index < -0.39 is 6.10 Å². The zero-order valence-electron chi connectivity index (χ0n) is 11.7. The van der Waals surface area contributed by atoms with Gasteiger partial charge in [0.05, 0.1) is 0 Å². The van der Waals surface area contributed by atoms with Crippen LogP contribution in [0, 0.1) is 12.7 Å². The van der Waals surface area contributed by atoms with Gasteiger partial charge < -0.3 is 5.11 Å². The van der Waals surface area contributed by atoms with Crippen LogP contribution in [0.4, 0.5) is 4.39 Å². The topological polar surface area (TPSA) is 20.2 Å². The zero-order valence-corrected chi connectivity index (χ0v) is 12.5. The van der Waals surface area contributed by atoms with Crippen molar-refractivity contribution in [3.8, 4) is 0 Å². The van der Waals surface area contributed by atoms with E-state index in [0.717, 1.165) is 23.3 Å². The molecule has 1 aromatic heterocycles. The van der Waals surface area contributed by atoms with Gasteiger partial charge in [-0.15, -0.1) is 11.3 Å². The Kier molecular flexibility index (Phi) is 3.90. The SMILES string of the molecule is Cc1ccc(F)cc1C(O)c1cc2c(s1)CCCCC2. The molecule has 1 N–H and O–H groups in total. The molecular weight excluding hydrogens is 271 g/mol. The van der Waals surface area contributed by atoms with Crippen molar-refractivity contribution in [2.24, 2.45) is 0 Å². The highest BCUT2D eigenvalue weighted by Gasteiger charge is 2.19. The second-order valence-corrected chi connectivity index (χ2v) is 6.73. The molecule has 0 saturated carbocycles. The molecule has 0 amide bonds. The first-order valence-electron chi connectivity index (χ1n) is 7.21. The Morgan fingerprint density at radius 3 is 2.80 bits per heavy atom. The Bertz CT molecular complexity index is 594. The van der Waals surface area contributed by atoms with E-state index in [4.69, 9.17) is 0 Å². The molecule has 2 aromatic rings. The van der Waals surface area contributed by atoms with Crippen molar-refractivity contribution in [2.75, 3.05) is 0 Å². The van der Waals surface area contributed by atoms with Crippen LogP contribution in [0.25, 0.3) is 0 Å². The minimum atomic E-state index is -0.706. The van der Waals surface area contributed by atoms with Crippen molar-refractivity contribution in [1.29, 1.82) is 0 Å². The first kappa shape index (κ1) is 13.8. The molecule has 0 saturated heterocycles. The molecular formula is C17H19FOS. The summed E-state index contributed by atoms with van der Waals surface area (Å²) in [5, 5.41) is 10.6. The van der Waals surface area contributed by atoms with Crippen molar-refractivity contribution in [3.05, 3.63) is 56.5 Å². The van der Waals surface area contributed by atoms with E-state index in [1.54, 1.807) is 17.4 Å². The molecule has 3 heteroatoms. The predicted molar refractivity (Wildman–Crippen MR) is 80.8 cm³/mol. The second-order valence-electron chi connectivity index (χ2n) is 5.56. The van der Waals surface area contributed by atoms with Gasteiger partial charge in [0, 0.05) is 9.75 Å².